The van der Waals surface area contributed by atoms with Crippen molar-refractivity contribution in [2.45, 2.75) is 18.7 Å². The van der Waals surface area contributed by atoms with Gasteiger partial charge in [-0.15, -0.1) is 11.8 Å². The lowest BCUT2D eigenvalue weighted by atomic mass is 10.1. The van der Waals surface area contributed by atoms with Gasteiger partial charge in [0, 0.05) is 21.2 Å². The van der Waals surface area contributed by atoms with Crippen molar-refractivity contribution in [3.05, 3.63) is 58.1 Å². The lowest BCUT2D eigenvalue weighted by molar-refractivity contribution is 0.0995. The number of primary amides is 1. The molecule has 23 heavy (non-hydrogen) atoms. The molecule has 6 heteroatoms. The molecule has 2 aromatic rings. The van der Waals surface area contributed by atoms with Crippen molar-refractivity contribution in [3.63, 3.8) is 0 Å². The van der Waals surface area contributed by atoms with Gasteiger partial charge in [0.25, 0.3) is 5.91 Å². The van der Waals surface area contributed by atoms with Crippen molar-refractivity contribution in [1.82, 2.24) is 0 Å². The number of nitrogens with one attached hydrogen (secondary N) is 1. The number of hydrogen-bond donors (Lipinski definition) is 2. The van der Waals surface area contributed by atoms with E-state index in [4.69, 9.17) is 17.3 Å². The third-order valence-corrected chi connectivity index (χ3v) is 4.52. The highest BCUT2D eigenvalue weighted by atomic mass is 35.5. The molecule has 2 rings (SSSR count). The van der Waals surface area contributed by atoms with E-state index in [1.807, 2.05) is 13.0 Å². The average molecular weight is 349 g/mol. The second kappa shape index (κ2) is 7.53. The lowest BCUT2D eigenvalue weighted by Crippen LogP contribution is -2.17. The molecule has 0 spiro atoms. The molecule has 0 unspecified atom stereocenters. The van der Waals surface area contributed by atoms with E-state index in [1.165, 1.54) is 0 Å². The average Bonchev–Trinajstić information content (AvgIpc) is 2.51. The summed E-state index contributed by atoms with van der Waals surface area (Å²) in [5.74, 6) is 0.0507. The zero-order valence-electron chi connectivity index (χ0n) is 12.9. The van der Waals surface area contributed by atoms with Gasteiger partial charge in [0.15, 0.2) is 0 Å². The molecular weight excluding hydrogens is 332 g/mol. The molecule has 0 bridgehead atoms. The first kappa shape index (κ1) is 17.4. The third kappa shape index (κ3) is 4.06. The fourth-order valence-corrected chi connectivity index (χ4v) is 3.14. The molecule has 0 aromatic heterocycles. The molecule has 120 valence electrons. The van der Waals surface area contributed by atoms with E-state index in [2.05, 4.69) is 5.32 Å². The molecule has 4 nitrogen and oxygen atoms in total. The largest absolute Gasteiger partial charge is 0.366 e. The van der Waals surface area contributed by atoms with Gasteiger partial charge >= 0.3 is 0 Å². The van der Waals surface area contributed by atoms with Gasteiger partial charge < -0.3 is 11.1 Å². The van der Waals surface area contributed by atoms with Crippen molar-refractivity contribution >= 4 is 40.9 Å². The Morgan fingerprint density at radius 1 is 1.22 bits per heavy atom. The quantitative estimate of drug-likeness (QED) is 0.798. The van der Waals surface area contributed by atoms with Gasteiger partial charge in [0.2, 0.25) is 5.91 Å². The van der Waals surface area contributed by atoms with Gasteiger partial charge in [0.1, 0.15) is 0 Å². The van der Waals surface area contributed by atoms with Crippen LogP contribution in [0.25, 0.3) is 0 Å². The molecule has 0 aliphatic rings. The summed E-state index contributed by atoms with van der Waals surface area (Å²) in [4.78, 5) is 24.9. The van der Waals surface area contributed by atoms with Crippen LogP contribution in [0.15, 0.2) is 41.3 Å². The van der Waals surface area contributed by atoms with E-state index in [-0.39, 0.29) is 5.91 Å². The predicted octanol–water partition coefficient (Wildman–Crippen LogP) is 4.11. The first-order valence-electron chi connectivity index (χ1n) is 7.07. The summed E-state index contributed by atoms with van der Waals surface area (Å²) in [5, 5.41) is 3.33. The molecule has 0 saturated heterocycles. The van der Waals surface area contributed by atoms with Gasteiger partial charge in [0.05, 0.1) is 5.56 Å². The molecule has 0 saturated carbocycles. The van der Waals surface area contributed by atoms with E-state index in [0.29, 0.717) is 27.4 Å². The Bertz CT molecular complexity index is 762. The standard InChI is InChI=1S/C17H17ClN2O2S/c1-3-23-15-8-7-11(18)9-13(15)17(22)20-14-6-4-5-12(10(14)2)16(19)21/h4-9H,3H2,1-2H3,(H2,19,21)(H,20,22). The predicted molar refractivity (Wildman–Crippen MR) is 95.5 cm³/mol. The minimum absolute atomic E-state index is 0.270. The Hall–Kier alpha value is -1.98. The van der Waals surface area contributed by atoms with Gasteiger partial charge in [-0.2, -0.15) is 0 Å². The normalized spacial score (nSPS) is 10.4. The Morgan fingerprint density at radius 2 is 1.96 bits per heavy atom. The Labute approximate surface area is 144 Å². The van der Waals surface area contributed by atoms with Crippen molar-refractivity contribution < 1.29 is 9.59 Å². The summed E-state index contributed by atoms with van der Waals surface area (Å²) >= 11 is 7.58. The number of thioether (sulfide) groups is 1. The first-order chi connectivity index (χ1) is 10.9. The number of rotatable bonds is 5. The van der Waals surface area contributed by atoms with Crippen LogP contribution in [-0.2, 0) is 0 Å². The highest BCUT2D eigenvalue weighted by Crippen LogP contribution is 2.27. The van der Waals surface area contributed by atoms with Crippen LogP contribution in [0.2, 0.25) is 5.02 Å². The number of amides is 2. The highest BCUT2D eigenvalue weighted by Gasteiger charge is 2.15. The molecule has 3 N–H and O–H groups in total. The molecule has 0 fully saturated rings. The van der Waals surface area contributed by atoms with Crippen LogP contribution >= 0.6 is 23.4 Å². The van der Waals surface area contributed by atoms with E-state index in [9.17, 15) is 9.59 Å². The number of halogens is 1. The molecule has 0 radical (unpaired) electrons. The van der Waals surface area contributed by atoms with E-state index >= 15 is 0 Å². The molecule has 0 heterocycles. The SMILES string of the molecule is CCSc1ccc(Cl)cc1C(=O)Nc1cccc(C(N)=O)c1C. The molecule has 0 aliphatic heterocycles. The zero-order chi connectivity index (χ0) is 17.0. The minimum Gasteiger partial charge on any atom is -0.366 e. The van der Waals surface area contributed by atoms with Gasteiger partial charge in [-0.05, 0) is 48.6 Å². The third-order valence-electron chi connectivity index (χ3n) is 3.33. The summed E-state index contributed by atoms with van der Waals surface area (Å²) < 4.78 is 0. The summed E-state index contributed by atoms with van der Waals surface area (Å²) in [6.45, 7) is 3.76. The highest BCUT2D eigenvalue weighted by molar-refractivity contribution is 7.99. The minimum atomic E-state index is -0.524. The fraction of sp³-hybridized carbons (Fsp3) is 0.176. The van der Waals surface area contributed by atoms with Crippen LogP contribution in [-0.4, -0.2) is 17.6 Å². The number of hydrogen-bond acceptors (Lipinski definition) is 3. The molecule has 2 amide bonds. The summed E-state index contributed by atoms with van der Waals surface area (Å²) in [7, 11) is 0. The second-order valence-corrected chi connectivity index (χ2v) is 6.61. The van der Waals surface area contributed by atoms with Gasteiger partial charge in [-0.3, -0.25) is 9.59 Å². The second-order valence-electron chi connectivity index (χ2n) is 4.87. The van der Waals surface area contributed by atoms with Crippen molar-refractivity contribution in [2.24, 2.45) is 5.73 Å². The number of benzene rings is 2. The first-order valence-corrected chi connectivity index (χ1v) is 8.43. The number of carbonyl (C=O) groups is 2. The zero-order valence-corrected chi connectivity index (χ0v) is 14.4. The van der Waals surface area contributed by atoms with Gasteiger partial charge in [-0.1, -0.05) is 24.6 Å². The number of anilines is 1. The van der Waals surface area contributed by atoms with Crippen LogP contribution in [0.4, 0.5) is 5.69 Å². The maximum atomic E-state index is 12.6. The fourth-order valence-electron chi connectivity index (χ4n) is 2.19. The Kier molecular flexibility index (Phi) is 5.69. The van der Waals surface area contributed by atoms with Crippen molar-refractivity contribution in [1.29, 1.82) is 0 Å². The Morgan fingerprint density at radius 3 is 2.61 bits per heavy atom. The molecule has 0 aliphatic carbocycles. The number of nitrogens with two attached hydrogens (primary N) is 1. The Balaban J connectivity index is 2.35. The molecular formula is C17H17ClN2O2S. The summed E-state index contributed by atoms with van der Waals surface area (Å²) in [6, 6.07) is 10.3. The van der Waals surface area contributed by atoms with Gasteiger partial charge in [-0.25, -0.2) is 0 Å². The summed E-state index contributed by atoms with van der Waals surface area (Å²) in [5.41, 5.74) is 7.42. The summed E-state index contributed by atoms with van der Waals surface area (Å²) in [6.07, 6.45) is 0. The van der Waals surface area contributed by atoms with Crippen LogP contribution in [0.5, 0.6) is 0 Å². The van der Waals surface area contributed by atoms with E-state index in [1.54, 1.807) is 49.0 Å². The lowest BCUT2D eigenvalue weighted by Gasteiger charge is -2.13. The monoisotopic (exact) mass is 348 g/mol. The van der Waals surface area contributed by atoms with E-state index in [0.717, 1.165) is 10.6 Å². The van der Waals surface area contributed by atoms with Crippen molar-refractivity contribution in [3.8, 4) is 0 Å². The maximum absolute atomic E-state index is 12.6. The molecule has 0 atom stereocenters. The van der Waals surface area contributed by atoms with Crippen LogP contribution in [0, 0.1) is 6.92 Å². The smallest absolute Gasteiger partial charge is 0.256 e. The van der Waals surface area contributed by atoms with Crippen LogP contribution in [0.1, 0.15) is 33.2 Å². The van der Waals surface area contributed by atoms with Crippen molar-refractivity contribution in [2.75, 3.05) is 11.1 Å². The van der Waals surface area contributed by atoms with Crippen LogP contribution in [0.3, 0.4) is 0 Å². The van der Waals surface area contributed by atoms with E-state index < -0.39 is 5.91 Å². The topological polar surface area (TPSA) is 72.2 Å². The maximum Gasteiger partial charge on any atom is 0.256 e. The van der Waals surface area contributed by atoms with Crippen LogP contribution < -0.4 is 11.1 Å². The number of carbonyl (C=O) groups excluding carboxylic acids is 2. The molecule has 2 aromatic carbocycles.